The first-order chi connectivity index (χ1) is 17.1. The fourth-order valence-corrected chi connectivity index (χ4v) is 6.21. The van der Waals surface area contributed by atoms with Crippen LogP contribution in [-0.2, 0) is 32.6 Å². The van der Waals surface area contributed by atoms with Gasteiger partial charge in [0.2, 0.25) is 0 Å². The van der Waals surface area contributed by atoms with Gasteiger partial charge in [0, 0.05) is 29.6 Å². The third-order valence-electron chi connectivity index (χ3n) is 7.98. The predicted molar refractivity (Wildman–Crippen MR) is 134 cm³/mol. The van der Waals surface area contributed by atoms with Crippen molar-refractivity contribution in [2.24, 2.45) is 16.3 Å². The molecule has 1 spiro atoms. The molecule has 4 atom stereocenters. The Morgan fingerprint density at radius 1 is 0.972 bits per heavy atom. The first kappa shape index (κ1) is 24.4. The van der Waals surface area contributed by atoms with Gasteiger partial charge in [-0.25, -0.2) is 0 Å². The Morgan fingerprint density at radius 3 is 2.31 bits per heavy atom. The van der Waals surface area contributed by atoms with E-state index in [0.717, 1.165) is 31.5 Å². The van der Waals surface area contributed by atoms with Crippen LogP contribution in [0.2, 0.25) is 0 Å². The molecule has 1 saturated heterocycles. The van der Waals surface area contributed by atoms with Crippen LogP contribution in [0.5, 0.6) is 0 Å². The quantitative estimate of drug-likeness (QED) is 0.261. The summed E-state index contributed by atoms with van der Waals surface area (Å²) in [5.41, 5.74) is 3.41. The zero-order valence-corrected chi connectivity index (χ0v) is 20.6. The van der Waals surface area contributed by atoms with E-state index in [1.807, 2.05) is 60.7 Å². The number of hydrogen-bond acceptors (Lipinski definition) is 4. The molecule has 2 saturated carbocycles. The third kappa shape index (κ3) is 3.78. The minimum Gasteiger partial charge on any atom is -0.626 e. The molecule has 0 radical (unpaired) electrons. The second-order valence-electron chi connectivity index (χ2n) is 9.69. The molecule has 3 fully saturated rings. The molecule has 184 valence electrons. The van der Waals surface area contributed by atoms with E-state index < -0.39 is 5.97 Å². The van der Waals surface area contributed by atoms with Crippen LogP contribution >= 0.6 is 0 Å². The molecule has 1 amide bonds. The summed E-state index contributed by atoms with van der Waals surface area (Å²) in [4.78, 5) is 31.7. The molecule has 1 N–H and O–H groups in total. The van der Waals surface area contributed by atoms with E-state index in [2.05, 4.69) is 39.5 Å². The summed E-state index contributed by atoms with van der Waals surface area (Å²) in [6.45, 7) is 1.46. The summed E-state index contributed by atoms with van der Waals surface area (Å²) < 4.78 is 0. The molecule has 2 aliphatic carbocycles. The molecule has 4 unspecified atom stereocenters. The van der Waals surface area contributed by atoms with E-state index in [1.165, 1.54) is 5.56 Å². The normalized spacial score (nSPS) is 27.3. The Bertz CT molecular complexity index is 1330. The number of para-hydroxylation sites is 1. The van der Waals surface area contributed by atoms with E-state index >= 15 is 0 Å². The maximum Gasteiger partial charge on any atom is 2.00 e. The number of carbonyl (C=O) groups excluding carboxylic acids is 1. The van der Waals surface area contributed by atoms with E-state index in [4.69, 9.17) is 0 Å². The van der Waals surface area contributed by atoms with Crippen molar-refractivity contribution < 1.29 is 31.2 Å². The monoisotopic (exact) mass is 522 g/mol. The maximum atomic E-state index is 13.7. The second kappa shape index (κ2) is 9.31. The van der Waals surface area contributed by atoms with Crippen molar-refractivity contribution in [3.8, 4) is 0 Å². The molecule has 7 heteroatoms. The second-order valence-corrected chi connectivity index (χ2v) is 9.69. The number of carboxylic acids is 1. The van der Waals surface area contributed by atoms with Crippen molar-refractivity contribution in [3.05, 3.63) is 107 Å². The van der Waals surface area contributed by atoms with Crippen molar-refractivity contribution in [3.63, 3.8) is 0 Å². The molecule has 0 aromatic heterocycles. The molecule has 1 aliphatic heterocycles. The summed E-state index contributed by atoms with van der Waals surface area (Å²) in [6, 6.07) is 27.2. The van der Waals surface area contributed by atoms with Gasteiger partial charge in [-0.15, -0.1) is 5.69 Å². The van der Waals surface area contributed by atoms with Gasteiger partial charge in [-0.3, -0.25) is 14.7 Å². The molecule has 3 aromatic carbocycles. The van der Waals surface area contributed by atoms with Crippen LogP contribution in [0.15, 0.2) is 89.9 Å². The summed E-state index contributed by atoms with van der Waals surface area (Å²) in [6.07, 6.45) is 1.95. The minimum atomic E-state index is -1.01. The number of hydrogen-bond donors (Lipinski definition) is 1. The number of nitrogens with zero attached hydrogens (tertiary/aromatic N) is 3. The summed E-state index contributed by atoms with van der Waals surface area (Å²) in [7, 11) is 0. The van der Waals surface area contributed by atoms with Gasteiger partial charge in [0.15, 0.2) is 0 Å². The zero-order chi connectivity index (χ0) is 24.0. The summed E-state index contributed by atoms with van der Waals surface area (Å²) in [5.74, 6) is -0.675. The molecule has 0 bridgehead atoms. The summed E-state index contributed by atoms with van der Waals surface area (Å²) >= 11 is 0. The molecule has 6 nitrogen and oxygen atoms in total. The number of rotatable bonds is 8. The molecule has 3 aromatic rings. The number of carboxylic acid groups (broad SMARTS) is 1. The SMILES string of the molecule is O=C(O)CN=C(c1ccccc1)c1ccccc1[N-]C(=O)C12CCC1C21CN1Cc1ccccc1.[Ni+2]. The van der Waals surface area contributed by atoms with Crippen LogP contribution in [0.25, 0.3) is 5.32 Å². The molecule has 6 rings (SSSR count). The van der Waals surface area contributed by atoms with Crippen molar-refractivity contribution in [2.45, 2.75) is 24.9 Å². The Balaban J connectivity index is 0.00000267. The Morgan fingerprint density at radius 2 is 1.64 bits per heavy atom. The standard InChI is InChI=1S/C29H27N3O3.Ni/c33-25(34)17-30-26(21-11-5-2-6-12-21)22-13-7-8-14-23(22)31-27(35)28-16-15-24(28)29(28)19-32(29)18-20-9-3-1-4-10-20;/h1-14,24H,15-19H2,(H2,30,31,33,34,35);/q;+2/p-1. The predicted octanol–water partition coefficient (Wildman–Crippen LogP) is 4.80. The van der Waals surface area contributed by atoms with Gasteiger partial charge < -0.3 is 15.2 Å². The maximum absolute atomic E-state index is 13.7. The van der Waals surface area contributed by atoms with Crippen molar-refractivity contribution >= 4 is 23.3 Å². The molecule has 3 aliphatic rings. The van der Waals surface area contributed by atoms with Crippen LogP contribution in [-0.4, -0.2) is 46.2 Å². The van der Waals surface area contributed by atoms with Crippen LogP contribution in [0, 0.1) is 11.3 Å². The van der Waals surface area contributed by atoms with Crippen LogP contribution in [0.3, 0.4) is 0 Å². The van der Waals surface area contributed by atoms with Crippen LogP contribution in [0.1, 0.15) is 29.5 Å². The molecular weight excluding hydrogens is 497 g/mol. The fourth-order valence-electron chi connectivity index (χ4n) is 6.21. The van der Waals surface area contributed by atoms with Crippen LogP contribution < -0.4 is 0 Å². The molecule has 36 heavy (non-hydrogen) atoms. The number of fused-ring (bicyclic) bond motifs is 3. The van der Waals surface area contributed by atoms with Gasteiger partial charge in [0.1, 0.15) is 6.54 Å². The largest absolute Gasteiger partial charge is 2.00 e. The number of benzene rings is 3. The first-order valence-corrected chi connectivity index (χ1v) is 12.0. The van der Waals surface area contributed by atoms with E-state index in [9.17, 15) is 14.7 Å². The van der Waals surface area contributed by atoms with E-state index in [-0.39, 0.29) is 39.9 Å². The molecular formula is C29H26N3NiO3+. The number of amides is 1. The van der Waals surface area contributed by atoms with Gasteiger partial charge in [0.05, 0.1) is 11.6 Å². The van der Waals surface area contributed by atoms with Crippen molar-refractivity contribution in [1.29, 1.82) is 0 Å². The first-order valence-electron chi connectivity index (χ1n) is 12.0. The van der Waals surface area contributed by atoms with Gasteiger partial charge >= 0.3 is 22.5 Å². The average Bonchev–Trinajstić information content (AvgIpc) is 3.64. The Labute approximate surface area is 220 Å². The van der Waals surface area contributed by atoms with E-state index in [1.54, 1.807) is 0 Å². The van der Waals surface area contributed by atoms with Gasteiger partial charge in [-0.05, 0) is 29.9 Å². The smallest absolute Gasteiger partial charge is 0.626 e. The van der Waals surface area contributed by atoms with E-state index in [0.29, 0.717) is 22.9 Å². The number of aliphatic carboxylic acids is 1. The minimum absolute atomic E-state index is 0. The van der Waals surface area contributed by atoms with Crippen molar-refractivity contribution in [1.82, 2.24) is 4.90 Å². The van der Waals surface area contributed by atoms with Crippen LogP contribution in [0.4, 0.5) is 5.69 Å². The fraction of sp³-hybridized carbons (Fsp3) is 0.276. The third-order valence-corrected chi connectivity index (χ3v) is 7.98. The van der Waals surface area contributed by atoms with Gasteiger partial charge in [0.25, 0.3) is 0 Å². The summed E-state index contributed by atoms with van der Waals surface area (Å²) in [5, 5.41) is 13.9. The number of carbonyl (C=O) groups is 2. The molecule has 1 heterocycles. The van der Waals surface area contributed by atoms with Crippen molar-refractivity contribution in [2.75, 3.05) is 13.1 Å². The Kier molecular flexibility index (Phi) is 6.31. The topological polar surface area (TPSA) is 83.8 Å². The van der Waals surface area contributed by atoms with Gasteiger partial charge in [-0.2, -0.15) is 0 Å². The average molecular weight is 523 g/mol. The van der Waals surface area contributed by atoms with Gasteiger partial charge in [-0.1, -0.05) is 84.9 Å². The Hall–Kier alpha value is -3.28. The number of aliphatic imine (C=N–C) groups is 1. The zero-order valence-electron chi connectivity index (χ0n) is 19.6.